The second-order valence-corrected chi connectivity index (χ2v) is 5.40. The molecule has 0 radical (unpaired) electrons. The molecule has 1 atom stereocenters. The molecule has 0 saturated carbocycles. The van der Waals surface area contributed by atoms with E-state index in [1.54, 1.807) is 0 Å². The smallest absolute Gasteiger partial charge is 0.264 e. The van der Waals surface area contributed by atoms with Crippen LogP contribution in [-0.4, -0.2) is 23.4 Å². The lowest BCUT2D eigenvalue weighted by molar-refractivity contribution is 0.192. The average Bonchev–Trinajstić information content (AvgIpc) is 3.24. The van der Waals surface area contributed by atoms with Crippen molar-refractivity contribution >= 4 is 10.8 Å². The Labute approximate surface area is 127 Å². The highest BCUT2D eigenvalue weighted by Crippen LogP contribution is 2.24. The van der Waals surface area contributed by atoms with Gasteiger partial charge in [0.15, 0.2) is 12.4 Å². The van der Waals surface area contributed by atoms with E-state index in [2.05, 4.69) is 22.3 Å². The van der Waals surface area contributed by atoms with Gasteiger partial charge < -0.3 is 14.0 Å². The van der Waals surface area contributed by atoms with Crippen molar-refractivity contribution in [2.75, 3.05) is 13.2 Å². The molecule has 2 heterocycles. The summed E-state index contributed by atoms with van der Waals surface area (Å²) in [5.41, 5.74) is 0. The predicted octanol–water partition coefficient (Wildman–Crippen LogP) is 3.31. The molecule has 5 heteroatoms. The molecule has 1 aromatic heterocycles. The summed E-state index contributed by atoms with van der Waals surface area (Å²) in [6, 6.07) is 14.2. The molecule has 22 heavy (non-hydrogen) atoms. The van der Waals surface area contributed by atoms with Crippen LogP contribution < -0.4 is 4.74 Å². The molecule has 1 aliphatic rings. The number of nitrogens with zero attached hydrogens (tertiary/aromatic N) is 2. The standard InChI is InChI=1S/C17H16N2O3/c1-2-4-13-9-15(6-5-12(13)3-1)21-11-16-18-17(19-22-16)14-7-8-20-10-14/h1-6,9,14H,7-8,10-11H2. The first-order valence-electron chi connectivity index (χ1n) is 7.40. The van der Waals surface area contributed by atoms with Crippen LogP contribution in [0.5, 0.6) is 5.75 Å². The zero-order valence-electron chi connectivity index (χ0n) is 12.1. The lowest BCUT2D eigenvalue weighted by Gasteiger charge is -2.04. The third-order valence-corrected chi connectivity index (χ3v) is 3.86. The normalized spacial score (nSPS) is 17.9. The van der Waals surface area contributed by atoms with Gasteiger partial charge in [-0.1, -0.05) is 35.5 Å². The Bertz CT molecular complexity index is 778. The lowest BCUT2D eigenvalue weighted by Crippen LogP contribution is -2.01. The Balaban J connectivity index is 1.44. The van der Waals surface area contributed by atoms with Crippen molar-refractivity contribution in [3.8, 4) is 5.75 Å². The third kappa shape index (κ3) is 2.67. The van der Waals surface area contributed by atoms with E-state index in [0.29, 0.717) is 12.5 Å². The molecule has 1 fully saturated rings. The van der Waals surface area contributed by atoms with Crippen molar-refractivity contribution in [1.82, 2.24) is 10.1 Å². The molecule has 112 valence electrons. The molecule has 0 bridgehead atoms. The first-order valence-corrected chi connectivity index (χ1v) is 7.40. The van der Waals surface area contributed by atoms with E-state index >= 15 is 0 Å². The van der Waals surface area contributed by atoms with Gasteiger partial charge in [-0.05, 0) is 29.3 Å². The van der Waals surface area contributed by atoms with Crippen LogP contribution in [0.3, 0.4) is 0 Å². The molecule has 1 aliphatic heterocycles. The Morgan fingerprint density at radius 2 is 2.05 bits per heavy atom. The number of fused-ring (bicyclic) bond motifs is 1. The highest BCUT2D eigenvalue weighted by Gasteiger charge is 2.23. The second-order valence-electron chi connectivity index (χ2n) is 5.40. The summed E-state index contributed by atoms with van der Waals surface area (Å²) >= 11 is 0. The number of hydrogen-bond donors (Lipinski definition) is 0. The van der Waals surface area contributed by atoms with Crippen molar-refractivity contribution in [3.05, 3.63) is 54.2 Å². The Morgan fingerprint density at radius 1 is 1.14 bits per heavy atom. The maximum atomic E-state index is 5.75. The molecule has 1 saturated heterocycles. The summed E-state index contributed by atoms with van der Waals surface area (Å²) in [4.78, 5) is 4.39. The van der Waals surface area contributed by atoms with Crippen LogP contribution in [0, 0.1) is 0 Å². The highest BCUT2D eigenvalue weighted by molar-refractivity contribution is 5.83. The molecule has 3 aromatic rings. The fraction of sp³-hybridized carbons (Fsp3) is 0.294. The fourth-order valence-corrected chi connectivity index (χ4v) is 2.63. The number of benzene rings is 2. The number of hydrogen-bond acceptors (Lipinski definition) is 5. The molecule has 4 rings (SSSR count). The fourth-order valence-electron chi connectivity index (χ4n) is 2.63. The van der Waals surface area contributed by atoms with Crippen LogP contribution in [-0.2, 0) is 11.3 Å². The SMILES string of the molecule is c1ccc2cc(OCc3nc(C4CCOC4)no3)ccc2c1. The molecule has 0 N–H and O–H groups in total. The van der Waals surface area contributed by atoms with E-state index in [0.717, 1.165) is 30.0 Å². The van der Waals surface area contributed by atoms with Gasteiger partial charge in [0, 0.05) is 12.5 Å². The van der Waals surface area contributed by atoms with Crippen LogP contribution in [0.15, 0.2) is 47.0 Å². The minimum absolute atomic E-state index is 0.248. The van der Waals surface area contributed by atoms with Crippen molar-refractivity contribution in [3.63, 3.8) is 0 Å². The summed E-state index contributed by atoms with van der Waals surface area (Å²) in [6.45, 7) is 1.71. The predicted molar refractivity (Wildman–Crippen MR) is 80.8 cm³/mol. The van der Waals surface area contributed by atoms with Crippen molar-refractivity contribution < 1.29 is 14.0 Å². The van der Waals surface area contributed by atoms with Crippen molar-refractivity contribution in [2.24, 2.45) is 0 Å². The molecule has 0 amide bonds. The van der Waals surface area contributed by atoms with E-state index in [9.17, 15) is 0 Å². The van der Waals surface area contributed by atoms with E-state index in [1.807, 2.05) is 30.3 Å². The molecule has 0 aliphatic carbocycles. The molecular weight excluding hydrogens is 280 g/mol. The van der Waals surface area contributed by atoms with Crippen LogP contribution in [0.2, 0.25) is 0 Å². The number of aromatic nitrogens is 2. The van der Waals surface area contributed by atoms with Crippen LogP contribution >= 0.6 is 0 Å². The zero-order valence-corrected chi connectivity index (χ0v) is 12.1. The molecule has 2 aromatic carbocycles. The highest BCUT2D eigenvalue weighted by atomic mass is 16.5. The largest absolute Gasteiger partial charge is 0.484 e. The minimum atomic E-state index is 0.248. The van der Waals surface area contributed by atoms with Crippen molar-refractivity contribution in [2.45, 2.75) is 18.9 Å². The minimum Gasteiger partial charge on any atom is -0.484 e. The van der Waals surface area contributed by atoms with Gasteiger partial charge in [-0.15, -0.1) is 0 Å². The summed E-state index contributed by atoms with van der Waals surface area (Å²) in [5, 5.41) is 6.35. The van der Waals surface area contributed by atoms with Gasteiger partial charge in [0.2, 0.25) is 0 Å². The van der Waals surface area contributed by atoms with Gasteiger partial charge in [0.05, 0.1) is 6.61 Å². The van der Waals surface area contributed by atoms with Gasteiger partial charge in [-0.2, -0.15) is 4.98 Å². The Hall–Kier alpha value is -2.40. The lowest BCUT2D eigenvalue weighted by atomic mass is 10.1. The Morgan fingerprint density at radius 3 is 2.91 bits per heavy atom. The van der Waals surface area contributed by atoms with Gasteiger partial charge in [0.25, 0.3) is 5.89 Å². The number of ether oxygens (including phenoxy) is 2. The Kier molecular flexibility index (Phi) is 3.48. The van der Waals surface area contributed by atoms with E-state index in [-0.39, 0.29) is 12.5 Å². The maximum absolute atomic E-state index is 5.75. The summed E-state index contributed by atoms with van der Waals surface area (Å²) < 4.78 is 16.3. The van der Waals surface area contributed by atoms with Gasteiger partial charge >= 0.3 is 0 Å². The van der Waals surface area contributed by atoms with Crippen LogP contribution in [0.1, 0.15) is 24.1 Å². The van der Waals surface area contributed by atoms with E-state index < -0.39 is 0 Å². The summed E-state index contributed by atoms with van der Waals surface area (Å²) in [6.07, 6.45) is 0.949. The second kappa shape index (κ2) is 5.77. The first kappa shape index (κ1) is 13.3. The van der Waals surface area contributed by atoms with Gasteiger partial charge in [-0.3, -0.25) is 0 Å². The zero-order chi connectivity index (χ0) is 14.8. The van der Waals surface area contributed by atoms with Gasteiger partial charge in [0.1, 0.15) is 5.75 Å². The summed E-state index contributed by atoms with van der Waals surface area (Å²) in [7, 11) is 0. The molecule has 1 unspecified atom stereocenters. The van der Waals surface area contributed by atoms with E-state index in [4.69, 9.17) is 14.0 Å². The first-order chi connectivity index (χ1) is 10.9. The monoisotopic (exact) mass is 296 g/mol. The molecule has 5 nitrogen and oxygen atoms in total. The summed E-state index contributed by atoms with van der Waals surface area (Å²) in [5.74, 6) is 2.26. The van der Waals surface area contributed by atoms with Crippen molar-refractivity contribution in [1.29, 1.82) is 0 Å². The van der Waals surface area contributed by atoms with Crippen LogP contribution in [0.4, 0.5) is 0 Å². The number of rotatable bonds is 4. The third-order valence-electron chi connectivity index (χ3n) is 3.86. The van der Waals surface area contributed by atoms with E-state index in [1.165, 1.54) is 5.39 Å². The topological polar surface area (TPSA) is 57.4 Å². The van der Waals surface area contributed by atoms with Gasteiger partial charge in [-0.25, -0.2) is 0 Å². The quantitative estimate of drug-likeness (QED) is 0.739. The molecular formula is C17H16N2O3. The molecule has 0 spiro atoms. The van der Waals surface area contributed by atoms with Crippen LogP contribution in [0.25, 0.3) is 10.8 Å². The maximum Gasteiger partial charge on any atom is 0.264 e. The average molecular weight is 296 g/mol.